The van der Waals surface area contributed by atoms with Crippen molar-refractivity contribution in [1.82, 2.24) is 15.2 Å². The highest BCUT2D eigenvalue weighted by Crippen LogP contribution is 2.21. The maximum atomic E-state index is 12.9. The molecule has 0 atom stereocenters. The summed E-state index contributed by atoms with van der Waals surface area (Å²) >= 11 is 0. The van der Waals surface area contributed by atoms with Crippen LogP contribution in [-0.4, -0.2) is 75.2 Å². The van der Waals surface area contributed by atoms with Crippen LogP contribution in [0.2, 0.25) is 0 Å². The number of nitrogens with zero attached hydrogens (tertiary/aromatic N) is 3. The minimum atomic E-state index is -0.318. The summed E-state index contributed by atoms with van der Waals surface area (Å²) in [7, 11) is 3.21. The highest BCUT2D eigenvalue weighted by atomic mass is 16.5. The normalized spacial score (nSPS) is 13.9. The molecule has 1 aromatic carbocycles. The van der Waals surface area contributed by atoms with Gasteiger partial charge in [0.2, 0.25) is 0 Å². The standard InChI is InChI=1S/C21H26N4O4/c1-28-14-9-23-20(26)19-15-16(7-8-22-19)21(27)25-12-10-24(11-13-25)17-3-5-18(29-2)6-4-17/h3-8,15H,9-14H2,1-2H3,(H,23,26). The topological polar surface area (TPSA) is 84.0 Å². The van der Waals surface area contributed by atoms with E-state index in [0.717, 1.165) is 24.5 Å². The van der Waals surface area contributed by atoms with E-state index >= 15 is 0 Å². The zero-order valence-electron chi connectivity index (χ0n) is 16.8. The summed E-state index contributed by atoms with van der Waals surface area (Å²) in [6, 6.07) is 11.1. The molecule has 154 valence electrons. The molecule has 0 bridgehead atoms. The molecule has 0 aliphatic carbocycles. The number of anilines is 1. The molecular formula is C21H26N4O4. The number of rotatable bonds is 7. The minimum Gasteiger partial charge on any atom is -0.497 e. The molecule has 2 aromatic rings. The van der Waals surface area contributed by atoms with Gasteiger partial charge in [-0.3, -0.25) is 14.6 Å². The second-order valence-corrected chi connectivity index (χ2v) is 6.66. The zero-order valence-corrected chi connectivity index (χ0v) is 16.8. The Hall–Kier alpha value is -3.13. The summed E-state index contributed by atoms with van der Waals surface area (Å²) < 4.78 is 10.1. The van der Waals surface area contributed by atoms with Crippen molar-refractivity contribution >= 4 is 17.5 Å². The number of hydrogen-bond acceptors (Lipinski definition) is 6. The molecule has 1 N–H and O–H groups in total. The Morgan fingerprint density at radius 2 is 1.79 bits per heavy atom. The van der Waals surface area contributed by atoms with E-state index < -0.39 is 0 Å². The average Bonchev–Trinajstić information content (AvgIpc) is 2.79. The van der Waals surface area contributed by atoms with Crippen molar-refractivity contribution in [3.05, 3.63) is 53.9 Å². The van der Waals surface area contributed by atoms with Crippen LogP contribution in [0.5, 0.6) is 5.75 Å². The fraction of sp³-hybridized carbons (Fsp3) is 0.381. The molecule has 3 rings (SSSR count). The van der Waals surface area contributed by atoms with E-state index in [1.807, 2.05) is 29.2 Å². The van der Waals surface area contributed by atoms with Gasteiger partial charge in [0.15, 0.2) is 0 Å². The van der Waals surface area contributed by atoms with Crippen LogP contribution < -0.4 is 15.0 Å². The van der Waals surface area contributed by atoms with Gasteiger partial charge in [-0.25, -0.2) is 0 Å². The first-order valence-electron chi connectivity index (χ1n) is 9.54. The van der Waals surface area contributed by atoms with Crippen molar-refractivity contribution in [2.45, 2.75) is 0 Å². The summed E-state index contributed by atoms with van der Waals surface area (Å²) in [4.78, 5) is 33.1. The van der Waals surface area contributed by atoms with E-state index in [4.69, 9.17) is 9.47 Å². The zero-order chi connectivity index (χ0) is 20.6. The highest BCUT2D eigenvalue weighted by Gasteiger charge is 2.23. The lowest BCUT2D eigenvalue weighted by molar-refractivity contribution is 0.0746. The van der Waals surface area contributed by atoms with E-state index in [2.05, 4.69) is 15.2 Å². The highest BCUT2D eigenvalue weighted by molar-refractivity contribution is 5.98. The van der Waals surface area contributed by atoms with Gasteiger partial charge in [-0.2, -0.15) is 0 Å². The summed E-state index contributed by atoms with van der Waals surface area (Å²) in [5.41, 5.74) is 1.80. The van der Waals surface area contributed by atoms with Gasteiger partial charge < -0.3 is 24.6 Å². The van der Waals surface area contributed by atoms with Crippen molar-refractivity contribution in [1.29, 1.82) is 0 Å². The second-order valence-electron chi connectivity index (χ2n) is 6.66. The molecular weight excluding hydrogens is 372 g/mol. The fourth-order valence-corrected chi connectivity index (χ4v) is 3.19. The Bertz CT molecular complexity index is 833. The van der Waals surface area contributed by atoms with Gasteiger partial charge in [-0.05, 0) is 36.4 Å². The summed E-state index contributed by atoms with van der Waals surface area (Å²) in [5.74, 6) is 0.413. The molecule has 29 heavy (non-hydrogen) atoms. The molecule has 2 heterocycles. The van der Waals surface area contributed by atoms with Gasteiger partial charge in [0.25, 0.3) is 11.8 Å². The minimum absolute atomic E-state index is 0.0901. The summed E-state index contributed by atoms with van der Waals surface area (Å²) in [6.07, 6.45) is 1.49. The SMILES string of the molecule is COCCNC(=O)c1cc(C(=O)N2CCN(c3ccc(OC)cc3)CC2)ccn1. The van der Waals surface area contributed by atoms with Gasteiger partial charge in [0.05, 0.1) is 13.7 Å². The van der Waals surface area contributed by atoms with Crippen LogP contribution in [0.4, 0.5) is 5.69 Å². The third-order valence-electron chi connectivity index (χ3n) is 4.84. The van der Waals surface area contributed by atoms with Crippen LogP contribution in [0, 0.1) is 0 Å². The number of ether oxygens (including phenoxy) is 2. The number of pyridine rings is 1. The molecule has 8 nitrogen and oxygen atoms in total. The van der Waals surface area contributed by atoms with Crippen LogP contribution in [-0.2, 0) is 4.74 Å². The Balaban J connectivity index is 1.58. The Morgan fingerprint density at radius 3 is 2.45 bits per heavy atom. The molecule has 0 radical (unpaired) electrons. The number of carbonyl (C=O) groups is 2. The second kappa shape index (κ2) is 9.88. The number of hydrogen-bond donors (Lipinski definition) is 1. The Kier molecular flexibility index (Phi) is 7.02. The average molecular weight is 398 g/mol. The summed E-state index contributed by atoms with van der Waals surface area (Å²) in [5, 5.41) is 2.71. The molecule has 8 heteroatoms. The number of aromatic nitrogens is 1. The lowest BCUT2D eigenvalue weighted by atomic mass is 10.1. The largest absolute Gasteiger partial charge is 0.497 e. The smallest absolute Gasteiger partial charge is 0.269 e. The lowest BCUT2D eigenvalue weighted by Crippen LogP contribution is -2.48. The Morgan fingerprint density at radius 1 is 1.07 bits per heavy atom. The van der Waals surface area contributed by atoms with E-state index in [1.54, 1.807) is 26.4 Å². The number of nitrogens with one attached hydrogen (secondary N) is 1. The van der Waals surface area contributed by atoms with Crippen molar-refractivity contribution in [2.24, 2.45) is 0 Å². The Labute approximate surface area is 170 Å². The first-order valence-corrected chi connectivity index (χ1v) is 9.54. The van der Waals surface area contributed by atoms with Gasteiger partial charge >= 0.3 is 0 Å². The lowest BCUT2D eigenvalue weighted by Gasteiger charge is -2.36. The van der Waals surface area contributed by atoms with Crippen molar-refractivity contribution in [3.8, 4) is 5.75 Å². The molecule has 1 fully saturated rings. The quantitative estimate of drug-likeness (QED) is 0.711. The molecule has 0 spiro atoms. The maximum Gasteiger partial charge on any atom is 0.269 e. The van der Waals surface area contributed by atoms with E-state index in [-0.39, 0.29) is 17.5 Å². The van der Waals surface area contributed by atoms with Gasteiger partial charge in [0.1, 0.15) is 11.4 Å². The van der Waals surface area contributed by atoms with Crippen LogP contribution in [0.25, 0.3) is 0 Å². The van der Waals surface area contributed by atoms with E-state index in [0.29, 0.717) is 31.8 Å². The molecule has 1 saturated heterocycles. The number of piperazine rings is 1. The third kappa shape index (κ3) is 5.23. The van der Waals surface area contributed by atoms with E-state index in [1.165, 1.54) is 6.20 Å². The van der Waals surface area contributed by atoms with Crippen molar-refractivity contribution in [2.75, 3.05) is 58.5 Å². The van der Waals surface area contributed by atoms with Gasteiger partial charge in [-0.1, -0.05) is 0 Å². The predicted molar refractivity (Wildman–Crippen MR) is 110 cm³/mol. The van der Waals surface area contributed by atoms with Crippen LogP contribution in [0.1, 0.15) is 20.8 Å². The molecule has 2 amide bonds. The molecule has 0 saturated carbocycles. The number of amides is 2. The predicted octanol–water partition coefficient (Wildman–Crippen LogP) is 1.43. The van der Waals surface area contributed by atoms with Crippen molar-refractivity contribution in [3.63, 3.8) is 0 Å². The van der Waals surface area contributed by atoms with Gasteiger partial charge in [0, 0.05) is 57.3 Å². The first kappa shape index (κ1) is 20.6. The van der Waals surface area contributed by atoms with Gasteiger partial charge in [-0.15, -0.1) is 0 Å². The molecule has 1 aliphatic heterocycles. The van der Waals surface area contributed by atoms with Crippen LogP contribution >= 0.6 is 0 Å². The maximum absolute atomic E-state index is 12.9. The number of benzene rings is 1. The molecule has 1 aromatic heterocycles. The molecule has 0 unspecified atom stereocenters. The van der Waals surface area contributed by atoms with Crippen molar-refractivity contribution < 1.29 is 19.1 Å². The van der Waals surface area contributed by atoms with Crippen LogP contribution in [0.15, 0.2) is 42.6 Å². The number of methoxy groups -OCH3 is 2. The third-order valence-corrected chi connectivity index (χ3v) is 4.84. The monoisotopic (exact) mass is 398 g/mol. The fourth-order valence-electron chi connectivity index (χ4n) is 3.19. The number of carbonyl (C=O) groups excluding carboxylic acids is 2. The van der Waals surface area contributed by atoms with Crippen LogP contribution in [0.3, 0.4) is 0 Å². The first-order chi connectivity index (χ1) is 14.1. The summed E-state index contributed by atoms with van der Waals surface area (Å²) in [6.45, 7) is 3.53. The van der Waals surface area contributed by atoms with E-state index in [9.17, 15) is 9.59 Å². The molecule has 1 aliphatic rings.